The lowest BCUT2D eigenvalue weighted by atomic mass is 10.2. The summed E-state index contributed by atoms with van der Waals surface area (Å²) in [6.07, 6.45) is 1.38. The third-order valence-electron chi connectivity index (χ3n) is 5.05. The van der Waals surface area contributed by atoms with Crippen molar-refractivity contribution in [2.45, 2.75) is 26.1 Å². The van der Waals surface area contributed by atoms with E-state index in [4.69, 9.17) is 4.52 Å². The maximum atomic E-state index is 12.6. The maximum absolute atomic E-state index is 12.6. The van der Waals surface area contributed by atoms with E-state index in [1.165, 1.54) is 10.6 Å². The van der Waals surface area contributed by atoms with Crippen molar-refractivity contribution in [1.29, 1.82) is 0 Å². The van der Waals surface area contributed by atoms with Gasteiger partial charge in [-0.3, -0.25) is 9.67 Å². The number of hydrogen-bond donors (Lipinski definition) is 1. The number of rotatable bonds is 5. The Morgan fingerprint density at radius 3 is 2.54 bits per heavy atom. The molecule has 0 aliphatic carbocycles. The van der Waals surface area contributed by atoms with Gasteiger partial charge in [-0.2, -0.15) is 9.40 Å². The summed E-state index contributed by atoms with van der Waals surface area (Å²) < 4.78 is 33.2. The molecule has 0 saturated carbocycles. The molecule has 0 atom stereocenters. The minimum atomic E-state index is -3.41. The Morgan fingerprint density at radius 1 is 1.29 bits per heavy atom. The predicted molar refractivity (Wildman–Crippen MR) is 105 cm³/mol. The average molecular weight is 410 g/mol. The number of piperazine rings is 1. The van der Waals surface area contributed by atoms with Crippen molar-refractivity contribution in [3.63, 3.8) is 0 Å². The van der Waals surface area contributed by atoms with Crippen molar-refractivity contribution in [3.8, 4) is 0 Å². The van der Waals surface area contributed by atoms with Gasteiger partial charge in [0.25, 0.3) is 0 Å². The van der Waals surface area contributed by atoms with Gasteiger partial charge in [0.1, 0.15) is 12.0 Å². The summed E-state index contributed by atoms with van der Waals surface area (Å²) in [5.74, 6) is 0.618. The van der Waals surface area contributed by atoms with Crippen molar-refractivity contribution in [2.75, 3.05) is 33.2 Å². The van der Waals surface area contributed by atoms with Gasteiger partial charge in [-0.15, -0.1) is 0 Å². The van der Waals surface area contributed by atoms with Gasteiger partial charge in [0.2, 0.25) is 10.0 Å². The van der Waals surface area contributed by atoms with Gasteiger partial charge in [-0.1, -0.05) is 5.16 Å². The zero-order chi connectivity index (χ0) is 20.3. The van der Waals surface area contributed by atoms with Crippen LogP contribution in [0.1, 0.15) is 22.6 Å². The summed E-state index contributed by atoms with van der Waals surface area (Å²) in [5, 5.41) is 11.5. The van der Waals surface area contributed by atoms with E-state index in [1.54, 1.807) is 13.1 Å². The summed E-state index contributed by atoms with van der Waals surface area (Å²) in [5.41, 5.74) is 3.68. The molecule has 0 amide bonds. The maximum Gasteiger partial charge on any atom is 0.220 e. The van der Waals surface area contributed by atoms with Crippen LogP contribution in [-0.4, -0.2) is 71.7 Å². The Morgan fingerprint density at radius 2 is 2.00 bits per heavy atom. The zero-order valence-electron chi connectivity index (χ0n) is 16.7. The molecule has 11 heteroatoms. The number of sulfonamides is 1. The highest BCUT2D eigenvalue weighted by atomic mass is 32.2. The quantitative estimate of drug-likeness (QED) is 0.557. The predicted octanol–water partition coefficient (Wildman–Crippen LogP) is 0.248. The molecule has 1 saturated heterocycles. The van der Waals surface area contributed by atoms with Crippen LogP contribution in [0, 0.1) is 13.8 Å². The Balaban J connectivity index is 1.57. The molecule has 28 heavy (non-hydrogen) atoms. The van der Waals surface area contributed by atoms with E-state index >= 15 is 0 Å². The fourth-order valence-corrected chi connectivity index (χ4v) is 4.77. The summed E-state index contributed by atoms with van der Waals surface area (Å²) >= 11 is 0. The van der Waals surface area contributed by atoms with Crippen LogP contribution in [0.2, 0.25) is 0 Å². The minimum Gasteiger partial charge on any atom is -0.364 e. The molecule has 1 fully saturated rings. The molecule has 10 nitrogen and oxygen atoms in total. The first kappa shape index (κ1) is 20.3. The first-order chi connectivity index (χ1) is 13.3. The molecule has 0 radical (unpaired) electrons. The van der Waals surface area contributed by atoms with E-state index in [0.717, 1.165) is 22.9 Å². The van der Waals surface area contributed by atoms with Crippen LogP contribution in [0.3, 0.4) is 0 Å². The molecule has 1 aliphatic rings. The second-order valence-corrected chi connectivity index (χ2v) is 8.78. The first-order valence-electron chi connectivity index (χ1n) is 9.13. The fourth-order valence-electron chi connectivity index (χ4n) is 3.34. The number of aliphatic imine (C=N–C) groups is 1. The van der Waals surface area contributed by atoms with E-state index in [2.05, 4.69) is 25.5 Å². The van der Waals surface area contributed by atoms with Crippen LogP contribution >= 0.6 is 0 Å². The summed E-state index contributed by atoms with van der Waals surface area (Å²) in [6, 6.07) is 1.57. The summed E-state index contributed by atoms with van der Waals surface area (Å²) in [6.45, 7) is 6.62. The molecule has 0 aromatic carbocycles. The molecule has 0 unspecified atom stereocenters. The van der Waals surface area contributed by atoms with Crippen LogP contribution < -0.4 is 5.32 Å². The van der Waals surface area contributed by atoms with Crippen LogP contribution in [0.15, 0.2) is 21.8 Å². The number of nitrogens with one attached hydrogen (secondary N) is 1. The van der Waals surface area contributed by atoms with Gasteiger partial charge in [0, 0.05) is 64.1 Å². The number of hydrogen-bond acceptors (Lipinski definition) is 6. The van der Waals surface area contributed by atoms with Gasteiger partial charge < -0.3 is 14.7 Å². The van der Waals surface area contributed by atoms with Gasteiger partial charge in [0.15, 0.2) is 5.96 Å². The van der Waals surface area contributed by atoms with Crippen molar-refractivity contribution in [3.05, 3.63) is 35.0 Å². The van der Waals surface area contributed by atoms with E-state index in [0.29, 0.717) is 38.4 Å². The molecule has 3 rings (SSSR count). The number of aromatic nitrogens is 3. The molecule has 2 aromatic heterocycles. The topological polar surface area (TPSA) is 109 Å². The zero-order valence-corrected chi connectivity index (χ0v) is 17.5. The molecule has 2 aromatic rings. The normalized spacial score (nSPS) is 16.6. The lowest BCUT2D eigenvalue weighted by Gasteiger charge is -2.35. The van der Waals surface area contributed by atoms with Crippen molar-refractivity contribution in [1.82, 2.24) is 29.5 Å². The van der Waals surface area contributed by atoms with Crippen molar-refractivity contribution < 1.29 is 12.9 Å². The largest absolute Gasteiger partial charge is 0.364 e. The van der Waals surface area contributed by atoms with Gasteiger partial charge in [0.05, 0.1) is 11.4 Å². The standard InChI is InChI=1S/C17H27N7O3S/c1-13-16(14(2)22(4)20-13)11-19-17(18-3)23-6-8-24(9-7-23)28(25,26)12-15-5-10-27-21-15/h5,10H,6-9,11-12H2,1-4H3,(H,18,19). The van der Waals surface area contributed by atoms with E-state index < -0.39 is 10.0 Å². The third-order valence-corrected chi connectivity index (χ3v) is 6.86. The summed E-state index contributed by atoms with van der Waals surface area (Å²) in [7, 11) is 0.252. The molecular weight excluding hydrogens is 382 g/mol. The lowest BCUT2D eigenvalue weighted by Crippen LogP contribution is -2.53. The number of guanidine groups is 1. The Bertz CT molecular complexity index is 926. The van der Waals surface area contributed by atoms with Crippen LogP contribution in [0.25, 0.3) is 0 Å². The Kier molecular flexibility index (Phi) is 6.04. The monoisotopic (exact) mass is 409 g/mol. The smallest absolute Gasteiger partial charge is 0.220 e. The van der Waals surface area contributed by atoms with Crippen LogP contribution in [-0.2, 0) is 29.4 Å². The highest BCUT2D eigenvalue weighted by molar-refractivity contribution is 7.88. The molecule has 1 aliphatic heterocycles. The van der Waals surface area contributed by atoms with E-state index in [9.17, 15) is 8.42 Å². The molecule has 0 spiro atoms. The van der Waals surface area contributed by atoms with Crippen LogP contribution in [0.5, 0.6) is 0 Å². The molecule has 154 valence electrons. The first-order valence-corrected chi connectivity index (χ1v) is 10.7. The number of aryl methyl sites for hydroxylation is 2. The lowest BCUT2D eigenvalue weighted by molar-refractivity contribution is 0.259. The Hall–Kier alpha value is -2.40. The van der Waals surface area contributed by atoms with E-state index in [1.807, 2.05) is 25.6 Å². The third kappa shape index (κ3) is 4.36. The molecular formula is C17H27N7O3S. The number of nitrogens with zero attached hydrogens (tertiary/aromatic N) is 6. The van der Waals surface area contributed by atoms with Crippen molar-refractivity contribution >= 4 is 16.0 Å². The highest BCUT2D eigenvalue weighted by Gasteiger charge is 2.29. The molecule has 1 N–H and O–H groups in total. The van der Waals surface area contributed by atoms with E-state index in [-0.39, 0.29) is 5.75 Å². The van der Waals surface area contributed by atoms with Crippen LogP contribution in [0.4, 0.5) is 0 Å². The average Bonchev–Trinajstić information content (AvgIpc) is 3.25. The second-order valence-electron chi connectivity index (χ2n) is 6.81. The Labute approximate surface area is 165 Å². The van der Waals surface area contributed by atoms with Gasteiger partial charge in [-0.25, -0.2) is 8.42 Å². The second kappa shape index (κ2) is 8.31. The minimum absolute atomic E-state index is 0.143. The SMILES string of the molecule is CN=C(NCc1c(C)nn(C)c1C)N1CCN(S(=O)(=O)Cc2ccon2)CC1. The molecule has 0 bridgehead atoms. The summed E-state index contributed by atoms with van der Waals surface area (Å²) in [4.78, 5) is 6.43. The fraction of sp³-hybridized carbons (Fsp3) is 0.588. The van der Waals surface area contributed by atoms with Gasteiger partial charge >= 0.3 is 0 Å². The van der Waals surface area contributed by atoms with Crippen molar-refractivity contribution in [2.24, 2.45) is 12.0 Å². The van der Waals surface area contributed by atoms with Gasteiger partial charge in [-0.05, 0) is 13.8 Å². The molecule has 3 heterocycles. The highest BCUT2D eigenvalue weighted by Crippen LogP contribution is 2.14.